The van der Waals surface area contributed by atoms with E-state index >= 15 is 0 Å². The highest BCUT2D eigenvalue weighted by Crippen LogP contribution is 2.38. The summed E-state index contributed by atoms with van der Waals surface area (Å²) >= 11 is 1.14. The van der Waals surface area contributed by atoms with Gasteiger partial charge in [-0.05, 0) is 97.0 Å². The van der Waals surface area contributed by atoms with Gasteiger partial charge in [0.15, 0.2) is 0 Å². The summed E-state index contributed by atoms with van der Waals surface area (Å²) < 4.78 is 5.71. The molecule has 0 radical (unpaired) electrons. The van der Waals surface area contributed by atoms with Crippen molar-refractivity contribution in [3.05, 3.63) is 15.8 Å². The fraction of sp³-hybridized carbons (Fsp3) is 0.700. The molecule has 1 aromatic rings. The van der Waals surface area contributed by atoms with Crippen LogP contribution in [0.25, 0.3) is 0 Å². The SMILES string of the molecule is CC1CCC(C(=O)N(c2cc(C#CC(C)(C)C)sc2C(=O)O)C2CCN(C(=O)OC3CCCC3)CC2)CC1. The summed E-state index contributed by atoms with van der Waals surface area (Å²) in [5.74, 6) is 5.80. The molecule has 0 atom stereocenters. The summed E-state index contributed by atoms with van der Waals surface area (Å²) in [5.41, 5.74) is 0.234. The Morgan fingerprint density at radius 3 is 2.24 bits per heavy atom. The largest absolute Gasteiger partial charge is 0.477 e. The van der Waals surface area contributed by atoms with Crippen molar-refractivity contribution in [1.82, 2.24) is 4.90 Å². The third kappa shape index (κ3) is 7.11. The van der Waals surface area contributed by atoms with E-state index in [4.69, 9.17) is 4.74 Å². The Morgan fingerprint density at radius 1 is 1.03 bits per heavy atom. The third-order valence-corrected chi connectivity index (χ3v) is 9.01. The van der Waals surface area contributed by atoms with Gasteiger partial charge < -0.3 is 19.6 Å². The second kappa shape index (κ2) is 12.1. The van der Waals surface area contributed by atoms with Gasteiger partial charge in [-0.25, -0.2) is 9.59 Å². The zero-order valence-electron chi connectivity index (χ0n) is 23.3. The molecule has 0 aromatic carbocycles. The fourth-order valence-corrected chi connectivity index (χ4v) is 6.60. The van der Waals surface area contributed by atoms with Crippen LogP contribution in [-0.2, 0) is 9.53 Å². The summed E-state index contributed by atoms with van der Waals surface area (Å²) in [6, 6.07) is 1.62. The molecular weight excluding hydrogens is 500 g/mol. The van der Waals surface area contributed by atoms with Crippen molar-refractivity contribution in [2.24, 2.45) is 17.3 Å². The molecule has 1 aliphatic heterocycles. The lowest BCUT2D eigenvalue weighted by Crippen LogP contribution is -2.51. The maximum absolute atomic E-state index is 14.0. The number of anilines is 1. The molecule has 1 saturated heterocycles. The Labute approximate surface area is 230 Å². The van der Waals surface area contributed by atoms with Crippen LogP contribution < -0.4 is 4.90 Å². The molecule has 3 fully saturated rings. The molecule has 2 saturated carbocycles. The molecule has 1 N–H and O–H groups in total. The molecule has 8 heteroatoms. The quantitative estimate of drug-likeness (QED) is 0.427. The summed E-state index contributed by atoms with van der Waals surface area (Å²) in [5, 5.41) is 10.1. The van der Waals surface area contributed by atoms with Crippen molar-refractivity contribution in [3.63, 3.8) is 0 Å². The number of piperidine rings is 1. The van der Waals surface area contributed by atoms with E-state index in [0.717, 1.165) is 62.7 Å². The van der Waals surface area contributed by atoms with E-state index in [1.54, 1.807) is 15.9 Å². The Balaban J connectivity index is 1.58. The smallest absolute Gasteiger partial charge is 0.410 e. The first-order valence-corrected chi connectivity index (χ1v) is 15.0. The summed E-state index contributed by atoms with van der Waals surface area (Å²) in [4.78, 5) is 43.4. The molecule has 4 rings (SSSR count). The van der Waals surface area contributed by atoms with Crippen LogP contribution in [0.2, 0.25) is 0 Å². The number of hydrogen-bond donors (Lipinski definition) is 1. The van der Waals surface area contributed by atoms with Gasteiger partial charge in [0.25, 0.3) is 0 Å². The van der Waals surface area contributed by atoms with E-state index in [9.17, 15) is 19.5 Å². The number of amides is 2. The van der Waals surface area contributed by atoms with Crippen molar-refractivity contribution < 1.29 is 24.2 Å². The Hall–Kier alpha value is -2.53. The highest BCUT2D eigenvalue weighted by Gasteiger charge is 2.38. The predicted octanol–water partition coefficient (Wildman–Crippen LogP) is 6.55. The Morgan fingerprint density at radius 2 is 1.66 bits per heavy atom. The standard InChI is InChI=1S/C30H42N2O5S/c1-20-9-11-21(12-10-20)27(33)32(25-19-24(13-16-30(2,3)4)38-26(25)28(34)35)22-14-17-31(18-15-22)29(36)37-23-7-5-6-8-23/h19-23H,5-12,14-15,17-18H2,1-4H3,(H,34,35). The topological polar surface area (TPSA) is 87.2 Å². The second-order valence-electron chi connectivity index (χ2n) is 12.3. The molecule has 0 spiro atoms. The number of hydrogen-bond acceptors (Lipinski definition) is 5. The second-order valence-corrected chi connectivity index (χ2v) is 13.4. The molecular formula is C30H42N2O5S. The molecule has 7 nitrogen and oxygen atoms in total. The van der Waals surface area contributed by atoms with Crippen molar-refractivity contribution in [2.45, 2.75) is 104 Å². The number of carbonyl (C=O) groups excluding carboxylic acids is 2. The number of likely N-dealkylation sites (tertiary alicyclic amines) is 1. The third-order valence-electron chi connectivity index (χ3n) is 7.99. The van der Waals surface area contributed by atoms with E-state index in [-0.39, 0.29) is 40.4 Å². The van der Waals surface area contributed by atoms with Crippen LogP contribution in [0.4, 0.5) is 10.5 Å². The Kier molecular flexibility index (Phi) is 9.07. The van der Waals surface area contributed by atoms with Crippen LogP contribution in [0, 0.1) is 29.1 Å². The number of thiophene rings is 1. The van der Waals surface area contributed by atoms with Crippen LogP contribution in [0.15, 0.2) is 6.07 Å². The molecule has 1 aromatic heterocycles. The molecule has 3 aliphatic rings. The number of carboxylic acid groups (broad SMARTS) is 1. The minimum Gasteiger partial charge on any atom is -0.477 e. The van der Waals surface area contributed by atoms with Crippen LogP contribution in [0.1, 0.15) is 106 Å². The van der Waals surface area contributed by atoms with Crippen LogP contribution in [0.5, 0.6) is 0 Å². The molecule has 0 unspecified atom stereocenters. The molecule has 2 heterocycles. The van der Waals surface area contributed by atoms with Crippen molar-refractivity contribution in [2.75, 3.05) is 18.0 Å². The lowest BCUT2D eigenvalue weighted by Gasteiger charge is -2.40. The van der Waals surface area contributed by atoms with E-state index < -0.39 is 5.97 Å². The normalized spacial score (nSPS) is 23.0. The van der Waals surface area contributed by atoms with Crippen LogP contribution >= 0.6 is 11.3 Å². The summed E-state index contributed by atoms with van der Waals surface area (Å²) in [6.45, 7) is 9.24. The first-order chi connectivity index (χ1) is 18.0. The first-order valence-electron chi connectivity index (χ1n) is 14.2. The van der Waals surface area contributed by atoms with E-state index in [0.29, 0.717) is 42.4 Å². The van der Waals surface area contributed by atoms with Gasteiger partial charge in [-0.1, -0.05) is 18.8 Å². The average molecular weight is 543 g/mol. The number of ether oxygens (including phenoxy) is 1. The van der Waals surface area contributed by atoms with Crippen molar-refractivity contribution in [3.8, 4) is 11.8 Å². The number of carbonyl (C=O) groups is 3. The first kappa shape index (κ1) is 28.5. The van der Waals surface area contributed by atoms with Gasteiger partial charge in [-0.2, -0.15) is 0 Å². The van der Waals surface area contributed by atoms with Gasteiger partial charge in [0.2, 0.25) is 5.91 Å². The number of nitrogens with zero attached hydrogens (tertiary/aromatic N) is 2. The molecule has 2 aliphatic carbocycles. The van der Waals surface area contributed by atoms with Crippen LogP contribution in [-0.4, -0.2) is 53.2 Å². The maximum Gasteiger partial charge on any atom is 0.410 e. The zero-order valence-corrected chi connectivity index (χ0v) is 24.1. The van der Waals surface area contributed by atoms with E-state index in [1.807, 2.05) is 20.8 Å². The number of rotatable bonds is 5. The van der Waals surface area contributed by atoms with E-state index in [1.165, 1.54) is 0 Å². The van der Waals surface area contributed by atoms with Gasteiger partial charge in [0.05, 0.1) is 10.6 Å². The molecule has 208 valence electrons. The highest BCUT2D eigenvalue weighted by atomic mass is 32.1. The summed E-state index contributed by atoms with van der Waals surface area (Å²) in [7, 11) is 0. The lowest BCUT2D eigenvalue weighted by molar-refractivity contribution is -0.124. The highest BCUT2D eigenvalue weighted by molar-refractivity contribution is 7.15. The molecule has 0 bridgehead atoms. The average Bonchev–Trinajstić information content (AvgIpc) is 3.53. The van der Waals surface area contributed by atoms with Crippen molar-refractivity contribution >= 4 is 35.0 Å². The molecule has 2 amide bonds. The van der Waals surface area contributed by atoms with Gasteiger partial charge in [0, 0.05) is 30.5 Å². The van der Waals surface area contributed by atoms with Gasteiger partial charge >= 0.3 is 12.1 Å². The van der Waals surface area contributed by atoms with Gasteiger partial charge in [0.1, 0.15) is 11.0 Å². The van der Waals surface area contributed by atoms with Gasteiger partial charge in [-0.3, -0.25) is 4.79 Å². The number of carboxylic acids is 1. The van der Waals surface area contributed by atoms with Crippen molar-refractivity contribution in [1.29, 1.82) is 0 Å². The Bertz CT molecular complexity index is 1070. The number of aromatic carboxylic acids is 1. The minimum atomic E-state index is -1.04. The fourth-order valence-electron chi connectivity index (χ4n) is 5.75. The monoisotopic (exact) mass is 542 g/mol. The van der Waals surface area contributed by atoms with Gasteiger partial charge in [-0.15, -0.1) is 11.3 Å². The molecule has 38 heavy (non-hydrogen) atoms. The predicted molar refractivity (Wildman–Crippen MR) is 150 cm³/mol. The minimum absolute atomic E-state index is 0.0134. The van der Waals surface area contributed by atoms with Crippen LogP contribution in [0.3, 0.4) is 0 Å². The summed E-state index contributed by atoms with van der Waals surface area (Å²) in [6.07, 6.45) is 8.66. The van der Waals surface area contributed by atoms with E-state index in [2.05, 4.69) is 18.8 Å². The lowest BCUT2D eigenvalue weighted by atomic mass is 9.82. The zero-order chi connectivity index (χ0) is 27.4. The maximum atomic E-state index is 14.0.